The molecular formula is C17H38N2O2. The van der Waals surface area contributed by atoms with Gasteiger partial charge in [-0.1, -0.05) is 65.2 Å². The van der Waals surface area contributed by atoms with Crippen LogP contribution in [0.5, 0.6) is 0 Å². The fourth-order valence-electron chi connectivity index (χ4n) is 2.76. The first-order valence-corrected chi connectivity index (χ1v) is 8.86. The highest BCUT2D eigenvalue weighted by atomic mass is 16.3. The van der Waals surface area contributed by atoms with Crippen molar-refractivity contribution in [1.82, 2.24) is 5.32 Å². The van der Waals surface area contributed by atoms with Crippen molar-refractivity contribution in [3.8, 4) is 0 Å². The highest BCUT2D eigenvalue weighted by molar-refractivity contribution is 4.82. The molecule has 5 N–H and O–H groups in total. The minimum atomic E-state index is -1.09. The van der Waals surface area contributed by atoms with E-state index in [9.17, 15) is 10.2 Å². The maximum atomic E-state index is 10.5. The molecule has 0 amide bonds. The zero-order valence-corrected chi connectivity index (χ0v) is 14.4. The topological polar surface area (TPSA) is 78.5 Å². The van der Waals surface area contributed by atoms with E-state index in [1.807, 2.05) is 0 Å². The third-order valence-electron chi connectivity index (χ3n) is 4.27. The smallest absolute Gasteiger partial charge is 0.119 e. The molecular weight excluding hydrogens is 264 g/mol. The zero-order valence-electron chi connectivity index (χ0n) is 14.4. The Bertz CT molecular complexity index is 233. The molecule has 0 rings (SSSR count). The van der Waals surface area contributed by atoms with Gasteiger partial charge in [0.25, 0.3) is 0 Å². The molecule has 0 saturated heterocycles. The van der Waals surface area contributed by atoms with Crippen LogP contribution in [0.1, 0.15) is 85.0 Å². The van der Waals surface area contributed by atoms with Crippen LogP contribution >= 0.6 is 0 Å². The van der Waals surface area contributed by atoms with Crippen molar-refractivity contribution in [2.24, 2.45) is 11.7 Å². The van der Waals surface area contributed by atoms with Gasteiger partial charge in [-0.3, -0.25) is 5.32 Å². The standard InChI is InChI=1S/C17H38N2O2/c1-4-6-8-9-10-11-12-13-15(16(18)20)17(3,21)19-14-7-5-2/h15-16,19-21H,4-14,18H2,1-3H3. The van der Waals surface area contributed by atoms with Gasteiger partial charge in [-0.25, -0.2) is 0 Å². The van der Waals surface area contributed by atoms with Crippen molar-refractivity contribution in [2.45, 2.75) is 96.9 Å². The fourth-order valence-corrected chi connectivity index (χ4v) is 2.76. The average molecular weight is 303 g/mol. The van der Waals surface area contributed by atoms with Crippen molar-refractivity contribution < 1.29 is 10.2 Å². The molecule has 0 aliphatic rings. The third kappa shape index (κ3) is 10.2. The Hall–Kier alpha value is -0.160. The SMILES string of the molecule is CCCCCCCCCC(C(N)O)C(C)(O)NCCCC. The first kappa shape index (κ1) is 20.8. The molecule has 3 unspecified atom stereocenters. The number of nitrogens with two attached hydrogens (primary N) is 1. The molecule has 4 heteroatoms. The van der Waals surface area contributed by atoms with Crippen LogP contribution in [-0.2, 0) is 0 Å². The number of hydrogen-bond acceptors (Lipinski definition) is 4. The molecule has 3 atom stereocenters. The summed E-state index contributed by atoms with van der Waals surface area (Å²) in [5, 5.41) is 23.4. The Morgan fingerprint density at radius 1 is 0.952 bits per heavy atom. The Kier molecular flexibility index (Phi) is 12.3. The second-order valence-electron chi connectivity index (χ2n) is 6.43. The first-order chi connectivity index (χ1) is 9.95. The Morgan fingerprint density at radius 3 is 2.00 bits per heavy atom. The number of nitrogens with one attached hydrogen (secondary N) is 1. The molecule has 0 aliphatic heterocycles. The lowest BCUT2D eigenvalue weighted by Crippen LogP contribution is -2.55. The van der Waals surface area contributed by atoms with Crippen LogP contribution in [0.4, 0.5) is 0 Å². The lowest BCUT2D eigenvalue weighted by Gasteiger charge is -2.35. The van der Waals surface area contributed by atoms with Gasteiger partial charge in [-0.15, -0.1) is 0 Å². The molecule has 4 nitrogen and oxygen atoms in total. The Labute approximate surface area is 131 Å². The normalized spacial score (nSPS) is 17.4. The number of hydrogen-bond donors (Lipinski definition) is 4. The summed E-state index contributed by atoms with van der Waals surface area (Å²) in [6, 6.07) is 0. The van der Waals surface area contributed by atoms with E-state index >= 15 is 0 Å². The minimum absolute atomic E-state index is 0.315. The summed E-state index contributed by atoms with van der Waals surface area (Å²) in [5.74, 6) is -0.315. The predicted octanol–water partition coefficient (Wildman–Crippen LogP) is 3.12. The van der Waals surface area contributed by atoms with Crippen LogP contribution < -0.4 is 11.1 Å². The van der Waals surface area contributed by atoms with Gasteiger partial charge in [0.05, 0.1) is 0 Å². The van der Waals surface area contributed by atoms with Gasteiger partial charge in [0.2, 0.25) is 0 Å². The lowest BCUT2D eigenvalue weighted by molar-refractivity contribution is -0.0840. The van der Waals surface area contributed by atoms with Crippen LogP contribution in [0, 0.1) is 5.92 Å². The second-order valence-corrected chi connectivity index (χ2v) is 6.43. The van der Waals surface area contributed by atoms with E-state index in [0.29, 0.717) is 0 Å². The van der Waals surface area contributed by atoms with E-state index in [4.69, 9.17) is 5.73 Å². The first-order valence-electron chi connectivity index (χ1n) is 8.86. The molecule has 0 bridgehead atoms. The highest BCUT2D eigenvalue weighted by Crippen LogP contribution is 2.23. The molecule has 0 spiro atoms. The quantitative estimate of drug-likeness (QED) is 0.294. The third-order valence-corrected chi connectivity index (χ3v) is 4.27. The van der Waals surface area contributed by atoms with E-state index in [2.05, 4.69) is 19.2 Å². The summed E-state index contributed by atoms with van der Waals surface area (Å²) in [5.41, 5.74) is 4.57. The van der Waals surface area contributed by atoms with E-state index in [1.165, 1.54) is 32.1 Å². The van der Waals surface area contributed by atoms with Crippen molar-refractivity contribution >= 4 is 0 Å². The molecule has 0 radical (unpaired) electrons. The molecule has 0 fully saturated rings. The van der Waals surface area contributed by atoms with E-state index < -0.39 is 12.0 Å². The van der Waals surface area contributed by atoms with Crippen molar-refractivity contribution in [1.29, 1.82) is 0 Å². The van der Waals surface area contributed by atoms with Crippen molar-refractivity contribution in [3.05, 3.63) is 0 Å². The number of rotatable bonds is 14. The summed E-state index contributed by atoms with van der Waals surface area (Å²) in [7, 11) is 0. The van der Waals surface area contributed by atoms with Gasteiger partial charge in [0, 0.05) is 5.92 Å². The molecule has 0 aromatic rings. The van der Waals surface area contributed by atoms with Gasteiger partial charge < -0.3 is 15.9 Å². The molecule has 128 valence electrons. The molecule has 0 aromatic heterocycles. The molecule has 0 aromatic carbocycles. The number of aliphatic hydroxyl groups excluding tert-OH is 1. The van der Waals surface area contributed by atoms with E-state index in [-0.39, 0.29) is 5.92 Å². The maximum Gasteiger partial charge on any atom is 0.119 e. The molecule has 0 aliphatic carbocycles. The van der Waals surface area contributed by atoms with E-state index in [0.717, 1.165) is 38.6 Å². The predicted molar refractivity (Wildman–Crippen MR) is 89.8 cm³/mol. The summed E-state index contributed by atoms with van der Waals surface area (Å²) >= 11 is 0. The second kappa shape index (κ2) is 12.4. The minimum Gasteiger partial charge on any atom is -0.378 e. The summed E-state index contributed by atoms with van der Waals surface area (Å²) in [4.78, 5) is 0. The van der Waals surface area contributed by atoms with Crippen LogP contribution in [0.2, 0.25) is 0 Å². The summed E-state index contributed by atoms with van der Waals surface area (Å²) in [6.45, 7) is 6.82. The largest absolute Gasteiger partial charge is 0.378 e. The van der Waals surface area contributed by atoms with Gasteiger partial charge in [-0.05, 0) is 26.3 Å². The van der Waals surface area contributed by atoms with Crippen LogP contribution in [0.25, 0.3) is 0 Å². The van der Waals surface area contributed by atoms with Crippen LogP contribution in [0.15, 0.2) is 0 Å². The summed E-state index contributed by atoms with van der Waals surface area (Å²) < 4.78 is 0. The van der Waals surface area contributed by atoms with Crippen LogP contribution in [0.3, 0.4) is 0 Å². The average Bonchev–Trinajstić information content (AvgIpc) is 2.41. The van der Waals surface area contributed by atoms with Gasteiger partial charge in [0.15, 0.2) is 0 Å². The Balaban J connectivity index is 4.00. The van der Waals surface area contributed by atoms with E-state index in [1.54, 1.807) is 6.92 Å². The molecule has 0 saturated carbocycles. The highest BCUT2D eigenvalue weighted by Gasteiger charge is 2.34. The summed E-state index contributed by atoms with van der Waals surface area (Å²) in [6.07, 6.45) is 10.5. The van der Waals surface area contributed by atoms with Crippen molar-refractivity contribution in [3.63, 3.8) is 0 Å². The fraction of sp³-hybridized carbons (Fsp3) is 1.00. The molecule has 0 heterocycles. The van der Waals surface area contributed by atoms with Crippen molar-refractivity contribution in [2.75, 3.05) is 6.54 Å². The Morgan fingerprint density at radius 2 is 1.48 bits per heavy atom. The van der Waals surface area contributed by atoms with Gasteiger partial charge >= 0.3 is 0 Å². The van der Waals surface area contributed by atoms with Gasteiger partial charge in [-0.2, -0.15) is 0 Å². The monoisotopic (exact) mass is 302 g/mol. The lowest BCUT2D eigenvalue weighted by atomic mass is 9.89. The zero-order chi connectivity index (χ0) is 16.1. The maximum absolute atomic E-state index is 10.5. The van der Waals surface area contributed by atoms with Crippen LogP contribution in [-0.4, -0.2) is 28.7 Å². The van der Waals surface area contributed by atoms with Gasteiger partial charge in [0.1, 0.15) is 12.0 Å². The molecule has 21 heavy (non-hydrogen) atoms. The number of aliphatic hydroxyl groups is 2. The number of unbranched alkanes of at least 4 members (excludes halogenated alkanes) is 7.